The Morgan fingerprint density at radius 3 is 2.79 bits per heavy atom. The topological polar surface area (TPSA) is 21.6 Å². The Kier molecular flexibility index (Phi) is 5.44. The summed E-state index contributed by atoms with van der Waals surface area (Å²) in [7, 11) is 0. The number of nitrogens with zero attached hydrogens (tertiary/aromatic N) is 1. The molecule has 2 heteroatoms. The minimum Gasteiger partial charge on any atom is -0.493 e. The van der Waals surface area contributed by atoms with Crippen molar-refractivity contribution in [2.75, 3.05) is 6.61 Å². The van der Waals surface area contributed by atoms with Crippen LogP contribution in [0.1, 0.15) is 56.6 Å². The van der Waals surface area contributed by atoms with Crippen LogP contribution >= 0.6 is 0 Å². The molecule has 0 radical (unpaired) electrons. The van der Waals surface area contributed by atoms with E-state index in [1.807, 2.05) is 6.21 Å². The largest absolute Gasteiger partial charge is 0.493 e. The van der Waals surface area contributed by atoms with E-state index in [4.69, 9.17) is 9.73 Å². The highest BCUT2D eigenvalue weighted by Crippen LogP contribution is 2.24. The zero-order valence-electron chi connectivity index (χ0n) is 12.2. The average molecular weight is 259 g/mol. The molecule has 0 unspecified atom stereocenters. The first kappa shape index (κ1) is 14.1. The molecule has 0 heterocycles. The summed E-state index contributed by atoms with van der Waals surface area (Å²) in [6.45, 7) is 5.01. The predicted molar refractivity (Wildman–Crippen MR) is 81.4 cm³/mol. The first-order valence-corrected chi connectivity index (χ1v) is 7.57. The Hall–Kier alpha value is -1.31. The van der Waals surface area contributed by atoms with Gasteiger partial charge in [0.2, 0.25) is 0 Å². The van der Waals surface area contributed by atoms with Crippen LogP contribution in [0.15, 0.2) is 23.2 Å². The number of hydrogen-bond acceptors (Lipinski definition) is 2. The molecule has 0 aliphatic heterocycles. The second-order valence-electron chi connectivity index (χ2n) is 5.41. The van der Waals surface area contributed by atoms with Gasteiger partial charge in [-0.15, -0.1) is 0 Å². The van der Waals surface area contributed by atoms with Crippen molar-refractivity contribution in [3.8, 4) is 5.75 Å². The fourth-order valence-electron chi connectivity index (χ4n) is 2.59. The fraction of sp³-hybridized carbons (Fsp3) is 0.588. The van der Waals surface area contributed by atoms with Gasteiger partial charge in [0.15, 0.2) is 0 Å². The van der Waals surface area contributed by atoms with Gasteiger partial charge < -0.3 is 4.74 Å². The number of rotatable bonds is 5. The molecule has 0 saturated heterocycles. The van der Waals surface area contributed by atoms with Crippen LogP contribution in [0, 0.1) is 6.92 Å². The van der Waals surface area contributed by atoms with E-state index >= 15 is 0 Å². The summed E-state index contributed by atoms with van der Waals surface area (Å²) in [4.78, 5) is 4.76. The summed E-state index contributed by atoms with van der Waals surface area (Å²) in [6, 6.07) is 6.80. The van der Waals surface area contributed by atoms with Gasteiger partial charge in [-0.05, 0) is 37.8 Å². The van der Waals surface area contributed by atoms with Crippen molar-refractivity contribution >= 4 is 6.21 Å². The molecular formula is C17H25NO. The third-order valence-electron chi connectivity index (χ3n) is 3.69. The highest BCUT2D eigenvalue weighted by atomic mass is 16.5. The fourth-order valence-corrected chi connectivity index (χ4v) is 2.59. The summed E-state index contributed by atoms with van der Waals surface area (Å²) in [5, 5.41) is 0. The smallest absolute Gasteiger partial charge is 0.130 e. The Labute approximate surface area is 116 Å². The number of ether oxygens (including phenoxy) is 1. The van der Waals surface area contributed by atoms with E-state index in [1.54, 1.807) is 0 Å². The molecule has 19 heavy (non-hydrogen) atoms. The van der Waals surface area contributed by atoms with Gasteiger partial charge in [0, 0.05) is 17.8 Å². The van der Waals surface area contributed by atoms with E-state index in [1.165, 1.54) is 37.7 Å². The zero-order chi connectivity index (χ0) is 13.5. The lowest BCUT2D eigenvalue weighted by Gasteiger charge is -2.17. The zero-order valence-corrected chi connectivity index (χ0v) is 12.2. The summed E-state index contributed by atoms with van der Waals surface area (Å²) >= 11 is 0. The van der Waals surface area contributed by atoms with Gasteiger partial charge in [-0.25, -0.2) is 0 Å². The molecule has 0 bridgehead atoms. The lowest BCUT2D eigenvalue weighted by molar-refractivity contribution is 0.315. The second-order valence-corrected chi connectivity index (χ2v) is 5.41. The van der Waals surface area contributed by atoms with Crippen LogP contribution in [0.5, 0.6) is 5.75 Å². The first-order chi connectivity index (χ1) is 9.31. The van der Waals surface area contributed by atoms with Crippen LogP contribution in [0.3, 0.4) is 0 Å². The van der Waals surface area contributed by atoms with E-state index in [-0.39, 0.29) is 0 Å². The average Bonchev–Trinajstić information content (AvgIpc) is 2.45. The number of hydrogen-bond donors (Lipinski definition) is 0. The van der Waals surface area contributed by atoms with Crippen molar-refractivity contribution in [3.63, 3.8) is 0 Å². The van der Waals surface area contributed by atoms with Crippen LogP contribution in [-0.4, -0.2) is 18.9 Å². The molecule has 1 fully saturated rings. The molecule has 0 atom stereocenters. The Morgan fingerprint density at radius 2 is 2.05 bits per heavy atom. The minimum absolute atomic E-state index is 0.522. The van der Waals surface area contributed by atoms with Gasteiger partial charge >= 0.3 is 0 Å². The van der Waals surface area contributed by atoms with Crippen LogP contribution < -0.4 is 4.74 Å². The van der Waals surface area contributed by atoms with Crippen LogP contribution in [0.25, 0.3) is 0 Å². The van der Waals surface area contributed by atoms with Crippen LogP contribution in [0.4, 0.5) is 0 Å². The molecule has 1 aliphatic rings. The van der Waals surface area contributed by atoms with E-state index < -0.39 is 0 Å². The van der Waals surface area contributed by atoms with Gasteiger partial charge in [-0.3, -0.25) is 4.99 Å². The molecule has 0 amide bonds. The molecule has 2 nitrogen and oxygen atoms in total. The Morgan fingerprint density at radius 1 is 1.26 bits per heavy atom. The quantitative estimate of drug-likeness (QED) is 0.712. The van der Waals surface area contributed by atoms with E-state index in [0.717, 1.165) is 24.3 Å². The van der Waals surface area contributed by atoms with Gasteiger partial charge in [-0.1, -0.05) is 38.3 Å². The summed E-state index contributed by atoms with van der Waals surface area (Å²) in [6.07, 6.45) is 9.58. The van der Waals surface area contributed by atoms with Crippen molar-refractivity contribution < 1.29 is 4.74 Å². The SMILES string of the molecule is CCCOc1c(C)cccc1/C=N/C1CCCCC1. The van der Waals surface area contributed by atoms with Crippen molar-refractivity contribution in [1.82, 2.24) is 0 Å². The second kappa shape index (κ2) is 7.32. The minimum atomic E-state index is 0.522. The van der Waals surface area contributed by atoms with Crippen molar-refractivity contribution in [3.05, 3.63) is 29.3 Å². The number of benzene rings is 1. The first-order valence-electron chi connectivity index (χ1n) is 7.57. The summed E-state index contributed by atoms with van der Waals surface area (Å²) in [5.41, 5.74) is 2.32. The molecular weight excluding hydrogens is 234 g/mol. The molecule has 1 aliphatic carbocycles. The van der Waals surface area contributed by atoms with E-state index in [9.17, 15) is 0 Å². The lowest BCUT2D eigenvalue weighted by Crippen LogP contribution is -2.10. The summed E-state index contributed by atoms with van der Waals surface area (Å²) < 4.78 is 5.87. The van der Waals surface area contributed by atoms with Gasteiger partial charge in [0.05, 0.1) is 6.61 Å². The maximum Gasteiger partial charge on any atom is 0.130 e. The third-order valence-corrected chi connectivity index (χ3v) is 3.69. The lowest BCUT2D eigenvalue weighted by atomic mass is 9.96. The van der Waals surface area contributed by atoms with E-state index in [2.05, 4.69) is 32.0 Å². The van der Waals surface area contributed by atoms with Gasteiger partial charge in [0.25, 0.3) is 0 Å². The molecule has 1 aromatic carbocycles. The standard InChI is InChI=1S/C17H25NO/c1-3-12-19-17-14(2)8-7-9-15(17)13-18-16-10-5-4-6-11-16/h7-9,13,16H,3-6,10-12H2,1-2H3/b18-13+. The highest BCUT2D eigenvalue weighted by Gasteiger charge is 2.11. The summed E-state index contributed by atoms with van der Waals surface area (Å²) in [5.74, 6) is 1.00. The maximum absolute atomic E-state index is 5.87. The highest BCUT2D eigenvalue weighted by molar-refractivity contribution is 5.84. The van der Waals surface area contributed by atoms with Gasteiger partial charge in [-0.2, -0.15) is 0 Å². The molecule has 1 aromatic rings. The molecule has 0 N–H and O–H groups in total. The predicted octanol–water partition coefficient (Wildman–Crippen LogP) is 4.54. The maximum atomic E-state index is 5.87. The number of aryl methyl sites for hydroxylation is 1. The number of para-hydroxylation sites is 1. The molecule has 104 valence electrons. The van der Waals surface area contributed by atoms with Crippen molar-refractivity contribution in [2.24, 2.45) is 4.99 Å². The van der Waals surface area contributed by atoms with Crippen LogP contribution in [-0.2, 0) is 0 Å². The molecule has 0 aromatic heterocycles. The third kappa shape index (κ3) is 4.09. The van der Waals surface area contributed by atoms with Crippen molar-refractivity contribution in [1.29, 1.82) is 0 Å². The molecule has 2 rings (SSSR count). The number of aliphatic imine (C=N–C) groups is 1. The van der Waals surface area contributed by atoms with E-state index in [0.29, 0.717) is 6.04 Å². The monoisotopic (exact) mass is 259 g/mol. The van der Waals surface area contributed by atoms with Crippen molar-refractivity contribution in [2.45, 2.75) is 58.4 Å². The van der Waals surface area contributed by atoms with Gasteiger partial charge in [0.1, 0.15) is 5.75 Å². The normalized spacial score (nSPS) is 16.9. The van der Waals surface area contributed by atoms with Crippen LogP contribution in [0.2, 0.25) is 0 Å². The molecule has 1 saturated carbocycles. The Balaban J connectivity index is 2.09. The Bertz CT molecular complexity index is 419. The molecule has 0 spiro atoms.